The SMILES string of the molecule is CC(=O)NC1CCN(S(=O)(=O)c2[nH]ncc2C(=O)O)C1. The molecule has 1 aliphatic rings. The van der Waals surface area contributed by atoms with Gasteiger partial charge in [0.25, 0.3) is 10.0 Å². The molecule has 0 saturated carbocycles. The molecule has 2 heterocycles. The molecule has 1 amide bonds. The van der Waals surface area contributed by atoms with Crippen LogP contribution in [0.25, 0.3) is 0 Å². The Labute approximate surface area is 115 Å². The summed E-state index contributed by atoms with van der Waals surface area (Å²) in [5.41, 5.74) is -0.395. The predicted molar refractivity (Wildman–Crippen MR) is 66.5 cm³/mol. The summed E-state index contributed by atoms with van der Waals surface area (Å²) in [6.07, 6.45) is 1.44. The van der Waals surface area contributed by atoms with Gasteiger partial charge in [-0.05, 0) is 6.42 Å². The second-order valence-corrected chi connectivity index (χ2v) is 6.34. The Hall–Kier alpha value is -1.94. The zero-order valence-electron chi connectivity index (χ0n) is 10.7. The Bertz CT molecular complexity index is 638. The quantitative estimate of drug-likeness (QED) is 0.654. The maximum atomic E-state index is 12.3. The van der Waals surface area contributed by atoms with Gasteiger partial charge in [-0.1, -0.05) is 0 Å². The fourth-order valence-electron chi connectivity index (χ4n) is 2.10. The van der Waals surface area contributed by atoms with E-state index in [0.717, 1.165) is 10.5 Å². The summed E-state index contributed by atoms with van der Waals surface area (Å²) in [5.74, 6) is -1.60. The number of nitrogens with zero attached hydrogens (tertiary/aromatic N) is 2. The highest BCUT2D eigenvalue weighted by molar-refractivity contribution is 7.89. The monoisotopic (exact) mass is 302 g/mol. The van der Waals surface area contributed by atoms with Gasteiger partial charge in [0.2, 0.25) is 5.91 Å². The van der Waals surface area contributed by atoms with E-state index in [0.29, 0.717) is 6.42 Å². The average Bonchev–Trinajstić information content (AvgIpc) is 2.95. The van der Waals surface area contributed by atoms with E-state index in [1.165, 1.54) is 6.92 Å². The first-order valence-electron chi connectivity index (χ1n) is 5.86. The van der Waals surface area contributed by atoms with E-state index in [2.05, 4.69) is 15.5 Å². The number of carbonyl (C=O) groups is 2. The molecule has 0 spiro atoms. The molecule has 9 nitrogen and oxygen atoms in total. The van der Waals surface area contributed by atoms with Crippen molar-refractivity contribution in [3.63, 3.8) is 0 Å². The molecule has 1 fully saturated rings. The molecule has 0 aromatic carbocycles. The minimum absolute atomic E-state index is 0.111. The fraction of sp³-hybridized carbons (Fsp3) is 0.500. The zero-order chi connectivity index (χ0) is 14.9. The van der Waals surface area contributed by atoms with Crippen LogP contribution in [0, 0.1) is 0 Å². The first-order chi connectivity index (χ1) is 9.32. The van der Waals surface area contributed by atoms with Crippen molar-refractivity contribution in [1.29, 1.82) is 0 Å². The largest absolute Gasteiger partial charge is 0.478 e. The zero-order valence-corrected chi connectivity index (χ0v) is 11.5. The lowest BCUT2D eigenvalue weighted by Crippen LogP contribution is -2.37. The lowest BCUT2D eigenvalue weighted by Gasteiger charge is -2.16. The molecule has 20 heavy (non-hydrogen) atoms. The molecule has 3 N–H and O–H groups in total. The number of carboxylic acid groups (broad SMARTS) is 1. The molecule has 110 valence electrons. The van der Waals surface area contributed by atoms with Crippen molar-refractivity contribution in [2.24, 2.45) is 0 Å². The summed E-state index contributed by atoms with van der Waals surface area (Å²) in [4.78, 5) is 21.9. The molecule has 1 unspecified atom stereocenters. The van der Waals surface area contributed by atoms with E-state index in [1.807, 2.05) is 0 Å². The van der Waals surface area contributed by atoms with Crippen molar-refractivity contribution in [3.8, 4) is 0 Å². The van der Waals surface area contributed by atoms with Gasteiger partial charge < -0.3 is 10.4 Å². The van der Waals surface area contributed by atoms with E-state index in [1.54, 1.807) is 0 Å². The highest BCUT2D eigenvalue weighted by atomic mass is 32.2. The number of amides is 1. The predicted octanol–water partition coefficient (Wildman–Crippen LogP) is -0.993. The van der Waals surface area contributed by atoms with Gasteiger partial charge in [-0.3, -0.25) is 9.89 Å². The highest BCUT2D eigenvalue weighted by Gasteiger charge is 2.36. The number of H-pyrrole nitrogens is 1. The molecule has 0 aliphatic carbocycles. The van der Waals surface area contributed by atoms with Gasteiger partial charge in [0, 0.05) is 26.1 Å². The maximum Gasteiger partial charge on any atom is 0.340 e. The Morgan fingerprint density at radius 1 is 1.55 bits per heavy atom. The number of hydrogen-bond donors (Lipinski definition) is 3. The third-order valence-corrected chi connectivity index (χ3v) is 4.83. The molecule has 10 heteroatoms. The minimum atomic E-state index is -3.96. The van der Waals surface area contributed by atoms with E-state index < -0.39 is 26.6 Å². The summed E-state index contributed by atoms with van der Waals surface area (Å²) >= 11 is 0. The van der Waals surface area contributed by atoms with Crippen LogP contribution >= 0.6 is 0 Å². The second-order valence-electron chi connectivity index (χ2n) is 4.47. The summed E-state index contributed by atoms with van der Waals surface area (Å²) in [6, 6.07) is -0.265. The molecular formula is C10H14N4O5S. The highest BCUT2D eigenvalue weighted by Crippen LogP contribution is 2.22. The molecule has 1 aromatic rings. The van der Waals surface area contributed by atoms with Crippen molar-refractivity contribution in [2.45, 2.75) is 24.4 Å². The van der Waals surface area contributed by atoms with Gasteiger partial charge in [0.05, 0.1) is 6.20 Å². The van der Waals surface area contributed by atoms with E-state index >= 15 is 0 Å². The summed E-state index contributed by atoms with van der Waals surface area (Å²) in [6.45, 7) is 1.68. The lowest BCUT2D eigenvalue weighted by molar-refractivity contribution is -0.119. The van der Waals surface area contributed by atoms with E-state index in [4.69, 9.17) is 5.11 Å². The normalized spacial score (nSPS) is 19.9. The first kappa shape index (κ1) is 14.5. The Balaban J connectivity index is 2.22. The molecule has 1 atom stereocenters. The summed E-state index contributed by atoms with van der Waals surface area (Å²) in [7, 11) is -3.96. The van der Waals surface area contributed by atoms with Gasteiger partial charge in [-0.25, -0.2) is 13.2 Å². The van der Waals surface area contributed by atoms with Crippen LogP contribution in [0.3, 0.4) is 0 Å². The fourth-order valence-corrected chi connectivity index (χ4v) is 3.67. The number of aromatic carboxylic acids is 1. The van der Waals surface area contributed by atoms with Crippen LogP contribution in [0.2, 0.25) is 0 Å². The number of rotatable bonds is 4. The topological polar surface area (TPSA) is 132 Å². The van der Waals surface area contributed by atoms with Gasteiger partial charge in [-0.2, -0.15) is 9.40 Å². The van der Waals surface area contributed by atoms with E-state index in [9.17, 15) is 18.0 Å². The van der Waals surface area contributed by atoms with Gasteiger partial charge in [0.1, 0.15) is 5.56 Å². The van der Waals surface area contributed by atoms with Crippen LogP contribution in [-0.2, 0) is 14.8 Å². The smallest absolute Gasteiger partial charge is 0.340 e. The number of aromatic amines is 1. The summed E-state index contributed by atoms with van der Waals surface area (Å²) < 4.78 is 25.8. The number of carbonyl (C=O) groups excluding carboxylic acids is 1. The molecule has 1 aromatic heterocycles. The third-order valence-electron chi connectivity index (χ3n) is 2.99. The number of carboxylic acids is 1. The van der Waals surface area contributed by atoms with Crippen molar-refractivity contribution in [3.05, 3.63) is 11.8 Å². The van der Waals surface area contributed by atoms with E-state index in [-0.39, 0.29) is 25.0 Å². The van der Waals surface area contributed by atoms with Crippen LogP contribution < -0.4 is 5.32 Å². The molecular weight excluding hydrogens is 288 g/mol. The van der Waals surface area contributed by atoms with Crippen LogP contribution in [-0.4, -0.2) is 59.0 Å². The third kappa shape index (κ3) is 2.65. The van der Waals surface area contributed by atoms with Crippen LogP contribution in [0.1, 0.15) is 23.7 Å². The molecule has 0 bridgehead atoms. The van der Waals surface area contributed by atoms with Crippen LogP contribution in [0.5, 0.6) is 0 Å². The van der Waals surface area contributed by atoms with Crippen molar-refractivity contribution in [2.75, 3.05) is 13.1 Å². The Kier molecular flexibility index (Phi) is 3.77. The van der Waals surface area contributed by atoms with Gasteiger partial charge >= 0.3 is 5.97 Å². The number of sulfonamides is 1. The molecule has 1 aliphatic heterocycles. The standard InChI is InChI=1S/C10H14N4O5S/c1-6(15)12-7-2-3-14(5-7)20(18,19)9-8(10(16)17)4-11-13-9/h4,7H,2-3,5H2,1H3,(H,11,13)(H,12,15)(H,16,17). The molecule has 0 radical (unpaired) electrons. The van der Waals surface area contributed by atoms with Crippen molar-refractivity contribution < 1.29 is 23.1 Å². The van der Waals surface area contributed by atoms with Crippen LogP contribution in [0.4, 0.5) is 0 Å². The lowest BCUT2D eigenvalue weighted by atomic mass is 10.3. The second kappa shape index (κ2) is 5.21. The number of hydrogen-bond acceptors (Lipinski definition) is 5. The Morgan fingerprint density at radius 2 is 2.25 bits per heavy atom. The van der Waals surface area contributed by atoms with Gasteiger partial charge in [0.15, 0.2) is 5.03 Å². The summed E-state index contributed by atoms with van der Waals surface area (Å²) in [5, 5.41) is 16.8. The van der Waals surface area contributed by atoms with Crippen molar-refractivity contribution in [1.82, 2.24) is 19.8 Å². The number of aromatic nitrogens is 2. The van der Waals surface area contributed by atoms with Gasteiger partial charge in [-0.15, -0.1) is 0 Å². The first-order valence-corrected chi connectivity index (χ1v) is 7.30. The molecule has 1 saturated heterocycles. The average molecular weight is 302 g/mol. The minimum Gasteiger partial charge on any atom is -0.478 e. The molecule has 2 rings (SSSR count). The number of nitrogens with one attached hydrogen (secondary N) is 2. The van der Waals surface area contributed by atoms with Crippen LogP contribution in [0.15, 0.2) is 11.2 Å². The van der Waals surface area contributed by atoms with Crippen molar-refractivity contribution >= 4 is 21.9 Å². The maximum absolute atomic E-state index is 12.3. The Morgan fingerprint density at radius 3 is 2.85 bits per heavy atom.